The van der Waals surface area contributed by atoms with Crippen LogP contribution in [-0.4, -0.2) is 28.7 Å². The monoisotopic (exact) mass is 375 g/mol. The van der Waals surface area contributed by atoms with Crippen LogP contribution in [0.15, 0.2) is 42.5 Å². The lowest BCUT2D eigenvalue weighted by molar-refractivity contribution is -0.136. The van der Waals surface area contributed by atoms with E-state index < -0.39 is 11.9 Å². The van der Waals surface area contributed by atoms with Gasteiger partial charge in [-0.15, -0.1) is 0 Å². The highest BCUT2D eigenvalue weighted by Crippen LogP contribution is 2.36. The molecule has 7 nitrogen and oxygen atoms in total. The van der Waals surface area contributed by atoms with Gasteiger partial charge in [0.1, 0.15) is 18.4 Å². The second kappa shape index (κ2) is 7.16. The Hall–Kier alpha value is -3.66. The van der Waals surface area contributed by atoms with Crippen molar-refractivity contribution in [2.24, 2.45) is 0 Å². The standard InChI is InChI=1S/C21H17N3O4/c22-10-14-6-8-17(28-12-13-4-2-1-3-5-13)15-11-24(21(27)19(14)15)16-7-9-18(25)23-20(16)26/h1-6,8,16H,7,9,11-12H2,(H,23,25,26). The predicted molar refractivity (Wildman–Crippen MR) is 98.0 cm³/mol. The summed E-state index contributed by atoms with van der Waals surface area (Å²) >= 11 is 0. The number of rotatable bonds is 4. The van der Waals surface area contributed by atoms with Gasteiger partial charge in [-0.1, -0.05) is 30.3 Å². The highest BCUT2D eigenvalue weighted by atomic mass is 16.5. The largest absolute Gasteiger partial charge is 0.489 e. The smallest absolute Gasteiger partial charge is 0.256 e. The van der Waals surface area contributed by atoms with Gasteiger partial charge in [-0.25, -0.2) is 0 Å². The number of benzene rings is 2. The normalized spacial score (nSPS) is 18.5. The van der Waals surface area contributed by atoms with Gasteiger partial charge in [0.15, 0.2) is 0 Å². The van der Waals surface area contributed by atoms with E-state index in [4.69, 9.17) is 4.74 Å². The Morgan fingerprint density at radius 2 is 1.93 bits per heavy atom. The maximum atomic E-state index is 13.0. The number of carbonyl (C=O) groups is 3. The summed E-state index contributed by atoms with van der Waals surface area (Å²) in [5.74, 6) is -0.690. The van der Waals surface area contributed by atoms with Crippen LogP contribution in [0.2, 0.25) is 0 Å². The summed E-state index contributed by atoms with van der Waals surface area (Å²) in [6, 6.07) is 14.2. The van der Waals surface area contributed by atoms with Gasteiger partial charge in [0.05, 0.1) is 23.7 Å². The van der Waals surface area contributed by atoms with E-state index in [0.717, 1.165) is 5.56 Å². The van der Waals surface area contributed by atoms with Crippen LogP contribution in [0.5, 0.6) is 5.75 Å². The average Bonchev–Trinajstić information content (AvgIpc) is 3.05. The lowest BCUT2D eigenvalue weighted by Gasteiger charge is -2.29. The quantitative estimate of drug-likeness (QED) is 0.823. The van der Waals surface area contributed by atoms with E-state index in [9.17, 15) is 19.6 Å². The number of fused-ring (bicyclic) bond motifs is 1. The fourth-order valence-electron chi connectivity index (χ4n) is 3.61. The van der Waals surface area contributed by atoms with Crippen molar-refractivity contribution in [1.29, 1.82) is 5.26 Å². The molecular weight excluding hydrogens is 358 g/mol. The lowest BCUT2D eigenvalue weighted by Crippen LogP contribution is -2.52. The Bertz CT molecular complexity index is 1010. The van der Waals surface area contributed by atoms with Crippen LogP contribution in [0, 0.1) is 11.3 Å². The Labute approximate surface area is 161 Å². The Morgan fingerprint density at radius 1 is 1.14 bits per heavy atom. The van der Waals surface area contributed by atoms with Crippen molar-refractivity contribution < 1.29 is 19.1 Å². The highest BCUT2D eigenvalue weighted by Gasteiger charge is 2.41. The molecule has 2 aromatic rings. The number of hydrogen-bond acceptors (Lipinski definition) is 5. The molecule has 28 heavy (non-hydrogen) atoms. The molecule has 0 saturated carbocycles. The third-order valence-electron chi connectivity index (χ3n) is 5.02. The summed E-state index contributed by atoms with van der Waals surface area (Å²) in [5.41, 5.74) is 2.11. The van der Waals surface area contributed by atoms with Crippen LogP contribution in [0.3, 0.4) is 0 Å². The van der Waals surface area contributed by atoms with Crippen molar-refractivity contribution in [2.75, 3.05) is 0 Å². The lowest BCUT2D eigenvalue weighted by atomic mass is 10.0. The maximum absolute atomic E-state index is 13.0. The van der Waals surface area contributed by atoms with E-state index in [2.05, 4.69) is 5.32 Å². The van der Waals surface area contributed by atoms with E-state index in [0.29, 0.717) is 17.9 Å². The summed E-state index contributed by atoms with van der Waals surface area (Å²) in [4.78, 5) is 38.0. The van der Waals surface area contributed by atoms with Crippen molar-refractivity contribution in [3.8, 4) is 11.8 Å². The van der Waals surface area contributed by atoms with Crippen molar-refractivity contribution in [1.82, 2.24) is 10.2 Å². The molecule has 0 bridgehead atoms. The Balaban J connectivity index is 1.63. The second-order valence-electron chi connectivity index (χ2n) is 6.75. The number of imide groups is 1. The first-order valence-electron chi connectivity index (χ1n) is 8.96. The first-order chi connectivity index (χ1) is 13.6. The zero-order valence-electron chi connectivity index (χ0n) is 15.0. The molecule has 2 heterocycles. The fourth-order valence-corrected chi connectivity index (χ4v) is 3.61. The number of piperidine rings is 1. The molecule has 4 rings (SSSR count). The number of hydrogen-bond donors (Lipinski definition) is 1. The van der Waals surface area contributed by atoms with Gasteiger partial charge in [-0.3, -0.25) is 19.7 Å². The summed E-state index contributed by atoms with van der Waals surface area (Å²) < 4.78 is 5.92. The van der Waals surface area contributed by atoms with Crippen LogP contribution < -0.4 is 10.1 Å². The van der Waals surface area contributed by atoms with Gasteiger partial charge in [-0.2, -0.15) is 5.26 Å². The molecule has 0 radical (unpaired) electrons. The fraction of sp³-hybridized carbons (Fsp3) is 0.238. The second-order valence-corrected chi connectivity index (χ2v) is 6.75. The molecule has 2 aromatic carbocycles. The van der Waals surface area contributed by atoms with Gasteiger partial charge in [0.25, 0.3) is 5.91 Å². The van der Waals surface area contributed by atoms with Gasteiger partial charge < -0.3 is 9.64 Å². The van der Waals surface area contributed by atoms with E-state index in [1.165, 1.54) is 4.90 Å². The molecule has 0 spiro atoms. The highest BCUT2D eigenvalue weighted by molar-refractivity contribution is 6.06. The topological polar surface area (TPSA) is 99.5 Å². The van der Waals surface area contributed by atoms with E-state index in [1.54, 1.807) is 12.1 Å². The van der Waals surface area contributed by atoms with Crippen molar-refractivity contribution in [3.05, 3.63) is 64.7 Å². The molecule has 2 aliphatic heterocycles. The number of nitrogens with one attached hydrogen (secondary N) is 1. The maximum Gasteiger partial charge on any atom is 0.256 e. The molecule has 7 heteroatoms. The molecule has 3 amide bonds. The van der Waals surface area contributed by atoms with Gasteiger partial charge in [-0.05, 0) is 24.1 Å². The van der Waals surface area contributed by atoms with Gasteiger partial charge >= 0.3 is 0 Å². The van der Waals surface area contributed by atoms with Crippen molar-refractivity contribution >= 4 is 17.7 Å². The Morgan fingerprint density at radius 3 is 2.64 bits per heavy atom. The SMILES string of the molecule is N#Cc1ccc(OCc2ccccc2)c2c1C(=O)N(C1CCC(=O)NC1=O)C2. The first-order valence-corrected chi connectivity index (χ1v) is 8.96. The zero-order valence-corrected chi connectivity index (χ0v) is 15.0. The number of nitriles is 1. The number of ether oxygens (including phenoxy) is 1. The molecule has 1 saturated heterocycles. The predicted octanol–water partition coefficient (Wildman–Crippen LogP) is 1.90. The number of nitrogens with zero attached hydrogens (tertiary/aromatic N) is 2. The molecule has 0 aliphatic carbocycles. The van der Waals surface area contributed by atoms with Crippen molar-refractivity contribution in [3.63, 3.8) is 0 Å². The van der Waals surface area contributed by atoms with Gasteiger partial charge in [0.2, 0.25) is 11.8 Å². The number of carbonyl (C=O) groups excluding carboxylic acids is 3. The summed E-state index contributed by atoms with van der Waals surface area (Å²) in [6.45, 7) is 0.492. The van der Waals surface area contributed by atoms with Crippen LogP contribution in [0.25, 0.3) is 0 Å². The van der Waals surface area contributed by atoms with E-state index in [1.807, 2.05) is 36.4 Å². The molecular formula is C21H17N3O4. The Kier molecular flexibility index (Phi) is 4.53. The van der Waals surface area contributed by atoms with Gasteiger partial charge in [0, 0.05) is 12.0 Å². The summed E-state index contributed by atoms with van der Waals surface area (Å²) in [7, 11) is 0. The third kappa shape index (κ3) is 3.09. The summed E-state index contributed by atoms with van der Waals surface area (Å²) in [5, 5.41) is 11.7. The minimum atomic E-state index is -0.730. The average molecular weight is 375 g/mol. The third-order valence-corrected chi connectivity index (χ3v) is 5.02. The van der Waals surface area contributed by atoms with E-state index in [-0.39, 0.29) is 42.3 Å². The van der Waals surface area contributed by atoms with Crippen LogP contribution >= 0.6 is 0 Å². The van der Waals surface area contributed by atoms with E-state index >= 15 is 0 Å². The van der Waals surface area contributed by atoms with Crippen LogP contribution in [0.4, 0.5) is 0 Å². The zero-order chi connectivity index (χ0) is 19.7. The van der Waals surface area contributed by atoms with Crippen LogP contribution in [0.1, 0.15) is 39.9 Å². The number of amides is 3. The molecule has 140 valence electrons. The molecule has 1 fully saturated rings. The minimum Gasteiger partial charge on any atom is -0.489 e. The molecule has 1 unspecified atom stereocenters. The molecule has 0 aromatic heterocycles. The first kappa shape index (κ1) is 17.7. The molecule has 1 atom stereocenters. The van der Waals surface area contributed by atoms with Crippen molar-refractivity contribution in [2.45, 2.75) is 32.0 Å². The van der Waals surface area contributed by atoms with Crippen LogP contribution in [-0.2, 0) is 22.7 Å². The molecule has 1 N–H and O–H groups in total. The minimum absolute atomic E-state index is 0.167. The summed E-state index contributed by atoms with van der Waals surface area (Å²) in [6.07, 6.45) is 0.450. The molecule has 2 aliphatic rings.